The maximum Gasteiger partial charge on any atom is 0.251 e. The Morgan fingerprint density at radius 1 is 1.35 bits per heavy atom. The summed E-state index contributed by atoms with van der Waals surface area (Å²) in [5, 5.41) is 14.4. The molecule has 1 aromatic carbocycles. The second-order valence-corrected chi connectivity index (χ2v) is 5.03. The fourth-order valence-corrected chi connectivity index (χ4v) is 1.68. The fourth-order valence-electron chi connectivity index (χ4n) is 1.68. The maximum absolute atomic E-state index is 12.0. The van der Waals surface area contributed by atoms with E-state index in [1.165, 1.54) is 0 Å². The van der Waals surface area contributed by atoms with Gasteiger partial charge in [0.15, 0.2) is 5.84 Å². The zero-order chi connectivity index (χ0) is 15.1. The van der Waals surface area contributed by atoms with E-state index in [9.17, 15) is 4.79 Å². The van der Waals surface area contributed by atoms with Gasteiger partial charge in [0.1, 0.15) is 0 Å². The van der Waals surface area contributed by atoms with E-state index in [0.29, 0.717) is 11.1 Å². The van der Waals surface area contributed by atoms with E-state index in [4.69, 9.17) is 10.9 Å². The van der Waals surface area contributed by atoms with Crippen molar-refractivity contribution in [3.05, 3.63) is 35.4 Å². The van der Waals surface area contributed by atoms with Crippen molar-refractivity contribution in [3.8, 4) is 0 Å². The zero-order valence-electron chi connectivity index (χ0n) is 12.1. The van der Waals surface area contributed by atoms with E-state index in [-0.39, 0.29) is 17.8 Å². The number of amidine groups is 1. The Labute approximate surface area is 119 Å². The van der Waals surface area contributed by atoms with Crippen molar-refractivity contribution in [2.24, 2.45) is 10.9 Å². The van der Waals surface area contributed by atoms with E-state index in [1.54, 1.807) is 24.3 Å². The van der Waals surface area contributed by atoms with E-state index in [2.05, 4.69) is 15.4 Å². The third kappa shape index (κ3) is 4.89. The smallest absolute Gasteiger partial charge is 0.251 e. The molecule has 0 heterocycles. The molecule has 0 aliphatic heterocycles. The quantitative estimate of drug-likeness (QED) is 0.311. The summed E-state index contributed by atoms with van der Waals surface area (Å²) in [4.78, 5) is 14.1. The van der Waals surface area contributed by atoms with Crippen LogP contribution in [0.15, 0.2) is 29.4 Å². The Bertz CT molecular complexity index is 469. The molecule has 0 fully saturated rings. The van der Waals surface area contributed by atoms with Crippen molar-refractivity contribution in [1.29, 1.82) is 0 Å². The second-order valence-electron chi connectivity index (χ2n) is 5.03. The van der Waals surface area contributed by atoms with E-state index in [1.807, 2.05) is 21.0 Å². The summed E-state index contributed by atoms with van der Waals surface area (Å²) in [6, 6.07) is 6.71. The lowest BCUT2D eigenvalue weighted by Crippen LogP contribution is -2.34. The van der Waals surface area contributed by atoms with Crippen LogP contribution in [0.2, 0.25) is 0 Å². The number of amides is 1. The topological polar surface area (TPSA) is 91.0 Å². The van der Waals surface area contributed by atoms with E-state index in [0.717, 1.165) is 13.0 Å². The molecule has 0 saturated heterocycles. The van der Waals surface area contributed by atoms with Gasteiger partial charge in [-0.25, -0.2) is 0 Å². The minimum Gasteiger partial charge on any atom is -0.409 e. The van der Waals surface area contributed by atoms with Crippen LogP contribution in [0.4, 0.5) is 0 Å². The van der Waals surface area contributed by atoms with Crippen LogP contribution < -0.4 is 11.1 Å². The summed E-state index contributed by atoms with van der Waals surface area (Å²) < 4.78 is 0. The molecular formula is C14H22N4O2. The summed E-state index contributed by atoms with van der Waals surface area (Å²) in [7, 11) is 4.00. The molecule has 6 nitrogen and oxygen atoms in total. The highest BCUT2D eigenvalue weighted by Gasteiger charge is 2.10. The molecule has 1 rings (SSSR count). The molecule has 110 valence electrons. The lowest BCUT2D eigenvalue weighted by molar-refractivity contribution is 0.0937. The number of oxime groups is 1. The van der Waals surface area contributed by atoms with E-state index < -0.39 is 0 Å². The van der Waals surface area contributed by atoms with Crippen LogP contribution in [0.5, 0.6) is 0 Å². The average Bonchev–Trinajstić information content (AvgIpc) is 2.44. The van der Waals surface area contributed by atoms with Gasteiger partial charge in [0.25, 0.3) is 5.91 Å². The maximum atomic E-state index is 12.0. The zero-order valence-corrected chi connectivity index (χ0v) is 12.1. The Morgan fingerprint density at radius 2 is 1.90 bits per heavy atom. The predicted octanol–water partition coefficient (Wildman–Crippen LogP) is 0.851. The van der Waals surface area contributed by atoms with Crippen molar-refractivity contribution in [2.45, 2.75) is 19.4 Å². The molecule has 0 bridgehead atoms. The summed E-state index contributed by atoms with van der Waals surface area (Å²) in [5.74, 6) is -0.0985. The highest BCUT2D eigenvalue weighted by molar-refractivity contribution is 5.99. The predicted molar refractivity (Wildman–Crippen MR) is 79.1 cm³/mol. The summed E-state index contributed by atoms with van der Waals surface area (Å²) in [6.07, 6.45) is 0.890. The van der Waals surface area contributed by atoms with Crippen molar-refractivity contribution in [1.82, 2.24) is 10.2 Å². The van der Waals surface area contributed by atoms with Gasteiger partial charge in [0, 0.05) is 17.2 Å². The highest BCUT2D eigenvalue weighted by atomic mass is 16.4. The number of nitrogens with zero attached hydrogens (tertiary/aromatic N) is 2. The largest absolute Gasteiger partial charge is 0.409 e. The van der Waals surface area contributed by atoms with Crippen LogP contribution >= 0.6 is 0 Å². The van der Waals surface area contributed by atoms with Gasteiger partial charge in [-0.3, -0.25) is 4.79 Å². The molecule has 0 radical (unpaired) electrons. The Hall–Kier alpha value is -2.08. The molecule has 4 N–H and O–H groups in total. The van der Waals surface area contributed by atoms with Crippen molar-refractivity contribution < 1.29 is 10.0 Å². The third-order valence-corrected chi connectivity index (χ3v) is 2.94. The van der Waals surface area contributed by atoms with Gasteiger partial charge in [-0.1, -0.05) is 17.3 Å². The Balaban J connectivity index is 2.59. The molecule has 1 unspecified atom stereocenters. The number of benzene rings is 1. The monoisotopic (exact) mass is 278 g/mol. The van der Waals surface area contributed by atoms with Crippen molar-refractivity contribution >= 4 is 11.7 Å². The molecular weight excluding hydrogens is 256 g/mol. The molecule has 1 amide bonds. The van der Waals surface area contributed by atoms with Gasteiger partial charge in [-0.2, -0.15) is 0 Å². The van der Waals surface area contributed by atoms with Crippen LogP contribution in [-0.4, -0.2) is 48.5 Å². The van der Waals surface area contributed by atoms with Gasteiger partial charge in [-0.15, -0.1) is 0 Å². The van der Waals surface area contributed by atoms with Gasteiger partial charge in [-0.05, 0) is 46.1 Å². The number of rotatable bonds is 6. The number of carbonyl (C=O) groups excluding carboxylic acids is 1. The molecule has 1 aromatic rings. The van der Waals surface area contributed by atoms with E-state index >= 15 is 0 Å². The molecule has 0 aromatic heterocycles. The fraction of sp³-hybridized carbons (Fsp3) is 0.429. The van der Waals surface area contributed by atoms with Crippen LogP contribution in [0.25, 0.3) is 0 Å². The summed E-state index contributed by atoms with van der Waals surface area (Å²) in [6.45, 7) is 2.90. The SMILES string of the molecule is CC(CCN(C)C)NC(=O)c1ccc(C(N)=NO)cc1. The summed E-state index contributed by atoms with van der Waals surface area (Å²) >= 11 is 0. The standard InChI is InChI=1S/C14H22N4O2/c1-10(8-9-18(2)3)16-14(19)12-6-4-11(5-7-12)13(15)17-20/h4-7,10,20H,8-9H2,1-3H3,(H2,15,17)(H,16,19). The second kappa shape index (κ2) is 7.49. The highest BCUT2D eigenvalue weighted by Crippen LogP contribution is 2.05. The number of hydrogen-bond acceptors (Lipinski definition) is 4. The first-order valence-corrected chi connectivity index (χ1v) is 6.47. The van der Waals surface area contributed by atoms with Crippen molar-refractivity contribution in [3.63, 3.8) is 0 Å². The van der Waals surface area contributed by atoms with Gasteiger partial charge >= 0.3 is 0 Å². The number of carbonyl (C=O) groups is 1. The molecule has 20 heavy (non-hydrogen) atoms. The van der Waals surface area contributed by atoms with Crippen LogP contribution in [-0.2, 0) is 0 Å². The molecule has 6 heteroatoms. The summed E-state index contributed by atoms with van der Waals surface area (Å²) in [5.41, 5.74) is 6.59. The molecule has 0 aliphatic carbocycles. The molecule has 0 saturated carbocycles. The first-order valence-electron chi connectivity index (χ1n) is 6.47. The average molecular weight is 278 g/mol. The number of hydrogen-bond donors (Lipinski definition) is 3. The lowest BCUT2D eigenvalue weighted by Gasteiger charge is -2.16. The minimum atomic E-state index is -0.123. The molecule has 0 aliphatic rings. The van der Waals surface area contributed by atoms with Gasteiger partial charge < -0.3 is 21.2 Å². The number of nitrogens with one attached hydrogen (secondary N) is 1. The van der Waals surface area contributed by atoms with Crippen molar-refractivity contribution in [2.75, 3.05) is 20.6 Å². The normalized spacial score (nSPS) is 13.3. The molecule has 0 spiro atoms. The lowest BCUT2D eigenvalue weighted by atomic mass is 10.1. The van der Waals surface area contributed by atoms with Gasteiger partial charge in [0.2, 0.25) is 0 Å². The van der Waals surface area contributed by atoms with Crippen LogP contribution in [0.3, 0.4) is 0 Å². The van der Waals surface area contributed by atoms with Crippen LogP contribution in [0, 0.1) is 0 Å². The first kappa shape index (κ1) is 16.0. The Kier molecular flexibility index (Phi) is 5.99. The third-order valence-electron chi connectivity index (χ3n) is 2.94. The molecule has 1 atom stereocenters. The number of nitrogens with two attached hydrogens (primary N) is 1. The Morgan fingerprint density at radius 3 is 2.40 bits per heavy atom. The van der Waals surface area contributed by atoms with Crippen LogP contribution in [0.1, 0.15) is 29.3 Å². The van der Waals surface area contributed by atoms with Gasteiger partial charge in [0.05, 0.1) is 0 Å². The minimum absolute atomic E-state index is 0.0244. The first-order chi connectivity index (χ1) is 9.43.